The van der Waals surface area contributed by atoms with Crippen molar-refractivity contribution in [2.45, 2.75) is 37.9 Å². The van der Waals surface area contributed by atoms with Crippen molar-refractivity contribution >= 4 is 28.7 Å². The minimum Gasteiger partial charge on any atom is -0.362 e. The molecule has 0 aliphatic carbocycles. The number of hydrogen-bond acceptors (Lipinski definition) is 7. The summed E-state index contributed by atoms with van der Waals surface area (Å²) in [6.07, 6.45) is -3.05. The number of amides is 1. The molecule has 10 nitrogen and oxygen atoms in total. The quantitative estimate of drug-likeness (QED) is 0.269. The number of benzene rings is 2. The summed E-state index contributed by atoms with van der Waals surface area (Å²) in [4.78, 5) is 21.2. The average Bonchev–Trinajstić information content (AvgIpc) is 3.74. The molecule has 2 aliphatic heterocycles. The van der Waals surface area contributed by atoms with Gasteiger partial charge < -0.3 is 19.7 Å². The van der Waals surface area contributed by atoms with Crippen LogP contribution in [0.3, 0.4) is 0 Å². The lowest BCUT2D eigenvalue weighted by Gasteiger charge is -2.30. The van der Waals surface area contributed by atoms with Gasteiger partial charge in [0.05, 0.1) is 25.3 Å². The number of fused-ring (bicyclic) bond motifs is 2. The van der Waals surface area contributed by atoms with Gasteiger partial charge in [0.1, 0.15) is 29.2 Å². The van der Waals surface area contributed by atoms with Crippen molar-refractivity contribution in [2.75, 3.05) is 28.2 Å². The molecule has 5 heterocycles. The van der Waals surface area contributed by atoms with Crippen LogP contribution in [-0.2, 0) is 19.3 Å². The molecule has 2 aliphatic rings. The molecule has 0 radical (unpaired) electrons. The smallest absolute Gasteiger partial charge is 0.362 e. The molecule has 3 aromatic heterocycles. The first kappa shape index (κ1) is 28.6. The molecule has 16 heteroatoms. The minimum atomic E-state index is -4.58. The van der Waals surface area contributed by atoms with E-state index in [-0.39, 0.29) is 54.5 Å². The van der Waals surface area contributed by atoms with E-state index >= 15 is 0 Å². The molecule has 0 spiro atoms. The standard InChI is InChI=1S/C29H23F6N9O/c30-16-1-6-22(32)20(11-16)23-12-17(31)14-43(23)24-7-8-44-26(38-24)21(13-36-44)27(45)37-18-2-4-19(5-3-18)41-9-10-42-25(15-41)39-40-28(42)29(33,34)35/h1-8,11,13,17,23H,9-10,12,14-15H2,(H,37,45)/t17-,23+/m0/s1. The molecule has 7 rings (SSSR count). The summed E-state index contributed by atoms with van der Waals surface area (Å²) in [5.74, 6) is -2.36. The summed E-state index contributed by atoms with van der Waals surface area (Å²) in [5, 5.41) is 14.0. The van der Waals surface area contributed by atoms with Crippen LogP contribution < -0.4 is 15.1 Å². The summed E-state index contributed by atoms with van der Waals surface area (Å²) in [6.45, 7) is 0.423. The fraction of sp³-hybridized carbons (Fsp3) is 0.276. The van der Waals surface area contributed by atoms with Gasteiger partial charge in [-0.05, 0) is 48.5 Å². The molecule has 232 valence electrons. The fourth-order valence-corrected chi connectivity index (χ4v) is 5.82. The SMILES string of the molecule is O=C(Nc1ccc(N2CCn3c(nnc3C(F)(F)F)C2)cc1)c1cnn2ccc(N3C[C@@H](F)C[C@@H]3c3cc(F)ccc3F)nc12. The van der Waals surface area contributed by atoms with Gasteiger partial charge in [0.2, 0.25) is 5.82 Å². The molecule has 2 atom stereocenters. The summed E-state index contributed by atoms with van der Waals surface area (Å²) >= 11 is 0. The largest absolute Gasteiger partial charge is 0.451 e. The van der Waals surface area contributed by atoms with Gasteiger partial charge in [0, 0.05) is 42.6 Å². The lowest BCUT2D eigenvalue weighted by Crippen LogP contribution is -2.35. The highest BCUT2D eigenvalue weighted by Crippen LogP contribution is 2.38. The molecule has 0 saturated carbocycles. The van der Waals surface area contributed by atoms with Crippen LogP contribution in [0.4, 0.5) is 43.5 Å². The van der Waals surface area contributed by atoms with Gasteiger partial charge in [0.25, 0.3) is 5.91 Å². The first-order valence-corrected chi connectivity index (χ1v) is 13.9. The molecule has 0 bridgehead atoms. The van der Waals surface area contributed by atoms with Crippen molar-refractivity contribution in [3.63, 3.8) is 0 Å². The Balaban J connectivity index is 1.08. The molecule has 0 unspecified atom stereocenters. The Morgan fingerprint density at radius 1 is 1.00 bits per heavy atom. The third-order valence-corrected chi connectivity index (χ3v) is 7.96. The number of carbonyl (C=O) groups excluding carboxylic acids is 1. The first-order valence-electron chi connectivity index (χ1n) is 13.9. The number of aromatic nitrogens is 6. The fourth-order valence-electron chi connectivity index (χ4n) is 5.82. The zero-order valence-electron chi connectivity index (χ0n) is 23.2. The maximum atomic E-state index is 14.6. The van der Waals surface area contributed by atoms with E-state index in [0.717, 1.165) is 28.5 Å². The van der Waals surface area contributed by atoms with E-state index in [2.05, 4.69) is 25.6 Å². The topological polar surface area (TPSA) is 96.5 Å². The molecule has 45 heavy (non-hydrogen) atoms. The lowest BCUT2D eigenvalue weighted by atomic mass is 10.0. The third kappa shape index (κ3) is 5.29. The van der Waals surface area contributed by atoms with Crippen LogP contribution in [0.1, 0.15) is 40.0 Å². The minimum absolute atomic E-state index is 0.0178. The number of halogens is 6. The van der Waals surface area contributed by atoms with Crippen molar-refractivity contribution < 1.29 is 31.1 Å². The Morgan fingerprint density at radius 3 is 2.58 bits per heavy atom. The van der Waals surface area contributed by atoms with Gasteiger partial charge in [-0.3, -0.25) is 4.79 Å². The van der Waals surface area contributed by atoms with Crippen molar-refractivity contribution in [1.82, 2.24) is 29.4 Å². The van der Waals surface area contributed by atoms with Gasteiger partial charge in [-0.1, -0.05) is 0 Å². The van der Waals surface area contributed by atoms with Gasteiger partial charge in [-0.15, -0.1) is 10.2 Å². The molecule has 1 N–H and O–H groups in total. The number of alkyl halides is 4. The number of carbonyl (C=O) groups is 1. The Kier molecular flexibility index (Phi) is 6.85. The normalized spacial score (nSPS) is 18.4. The van der Waals surface area contributed by atoms with Crippen molar-refractivity contribution in [3.05, 3.63) is 95.3 Å². The van der Waals surface area contributed by atoms with Gasteiger partial charge in [0.15, 0.2) is 11.5 Å². The Labute approximate surface area is 250 Å². The monoisotopic (exact) mass is 627 g/mol. The zero-order valence-corrected chi connectivity index (χ0v) is 23.2. The highest BCUT2D eigenvalue weighted by molar-refractivity contribution is 6.08. The highest BCUT2D eigenvalue weighted by Gasteiger charge is 2.40. The van der Waals surface area contributed by atoms with E-state index in [0.29, 0.717) is 12.2 Å². The molecular weight excluding hydrogens is 604 g/mol. The molecule has 5 aromatic rings. The van der Waals surface area contributed by atoms with E-state index in [1.54, 1.807) is 41.4 Å². The first-order chi connectivity index (χ1) is 21.5. The number of nitrogens with zero attached hydrogens (tertiary/aromatic N) is 8. The van der Waals surface area contributed by atoms with E-state index < -0.39 is 41.8 Å². The van der Waals surface area contributed by atoms with Crippen LogP contribution in [0.15, 0.2) is 60.9 Å². The Bertz CT molecular complexity index is 1900. The van der Waals surface area contributed by atoms with Crippen LogP contribution in [0.2, 0.25) is 0 Å². The number of nitrogens with one attached hydrogen (secondary N) is 1. The number of hydrogen-bond donors (Lipinski definition) is 1. The summed E-state index contributed by atoms with van der Waals surface area (Å²) in [5.41, 5.74) is 1.49. The predicted octanol–water partition coefficient (Wildman–Crippen LogP) is 5.18. The second kappa shape index (κ2) is 10.8. The zero-order chi connectivity index (χ0) is 31.5. The van der Waals surface area contributed by atoms with Crippen molar-refractivity contribution in [3.8, 4) is 0 Å². The second-order valence-electron chi connectivity index (χ2n) is 10.8. The van der Waals surface area contributed by atoms with Crippen molar-refractivity contribution in [2.24, 2.45) is 0 Å². The van der Waals surface area contributed by atoms with E-state index in [1.807, 2.05) is 4.90 Å². The summed E-state index contributed by atoms with van der Waals surface area (Å²) in [7, 11) is 0. The van der Waals surface area contributed by atoms with Crippen LogP contribution in [0.5, 0.6) is 0 Å². The van der Waals surface area contributed by atoms with Crippen molar-refractivity contribution in [1.29, 1.82) is 0 Å². The average molecular weight is 628 g/mol. The molecule has 2 aromatic carbocycles. The maximum Gasteiger partial charge on any atom is 0.451 e. The molecule has 1 fully saturated rings. The maximum absolute atomic E-state index is 14.6. The van der Waals surface area contributed by atoms with Crippen LogP contribution in [0, 0.1) is 11.6 Å². The van der Waals surface area contributed by atoms with Gasteiger partial charge >= 0.3 is 6.18 Å². The predicted molar refractivity (Wildman–Crippen MR) is 149 cm³/mol. The second-order valence-corrected chi connectivity index (χ2v) is 10.8. The van der Waals surface area contributed by atoms with Gasteiger partial charge in [-0.2, -0.15) is 18.3 Å². The van der Waals surface area contributed by atoms with E-state index in [1.165, 1.54) is 10.7 Å². The van der Waals surface area contributed by atoms with E-state index in [9.17, 15) is 31.1 Å². The summed E-state index contributed by atoms with van der Waals surface area (Å²) < 4.78 is 85.0. The van der Waals surface area contributed by atoms with E-state index in [4.69, 9.17) is 0 Å². The number of rotatable bonds is 5. The molecular formula is C29H23F6N9O. The van der Waals surface area contributed by atoms with Gasteiger partial charge in [-0.25, -0.2) is 22.7 Å². The molecule has 1 saturated heterocycles. The van der Waals surface area contributed by atoms with Crippen LogP contribution in [-0.4, -0.2) is 54.5 Å². The van der Waals surface area contributed by atoms with Crippen LogP contribution >= 0.6 is 0 Å². The Hall–Kier alpha value is -5.15. The lowest BCUT2D eigenvalue weighted by molar-refractivity contribution is -0.147. The van der Waals surface area contributed by atoms with Crippen LogP contribution in [0.25, 0.3) is 5.65 Å². The Morgan fingerprint density at radius 2 is 1.80 bits per heavy atom. The molecule has 1 amide bonds. The third-order valence-electron chi connectivity index (χ3n) is 7.96. The summed E-state index contributed by atoms with van der Waals surface area (Å²) in [6, 6.07) is 10.6. The highest BCUT2D eigenvalue weighted by atomic mass is 19.4. The number of anilines is 3.